The first-order valence-corrected chi connectivity index (χ1v) is 14.1. The highest BCUT2D eigenvalue weighted by Crippen LogP contribution is 2.33. The average Bonchev–Trinajstić information content (AvgIpc) is 3.51. The predicted molar refractivity (Wildman–Crippen MR) is 153 cm³/mol. The summed E-state index contributed by atoms with van der Waals surface area (Å²) >= 11 is 1.48. The maximum Gasteiger partial charge on any atom is 0.264 e. The van der Waals surface area contributed by atoms with Crippen molar-refractivity contribution in [3.05, 3.63) is 83.9 Å². The molecule has 0 unspecified atom stereocenters. The van der Waals surface area contributed by atoms with Gasteiger partial charge in [-0.2, -0.15) is 0 Å². The average molecular weight is 557 g/mol. The number of nitrogens with zero attached hydrogens (tertiary/aromatic N) is 4. The van der Waals surface area contributed by atoms with Gasteiger partial charge in [-0.3, -0.25) is 14.0 Å². The number of carbonyl (C=O) groups excluding carboxylic acids is 1. The van der Waals surface area contributed by atoms with Crippen LogP contribution in [0.25, 0.3) is 10.2 Å². The van der Waals surface area contributed by atoms with E-state index in [0.717, 1.165) is 34.4 Å². The number of amides is 1. The predicted octanol–water partition coefficient (Wildman–Crippen LogP) is 5.07. The summed E-state index contributed by atoms with van der Waals surface area (Å²) in [6, 6.07) is 21.6. The van der Waals surface area contributed by atoms with Crippen molar-refractivity contribution >= 4 is 60.7 Å². The molecular formula is C27H29ClN4O3S2. The Hall–Kier alpha value is -2.98. The molecular weight excluding hydrogens is 528 g/mol. The molecule has 0 saturated heterocycles. The molecule has 0 fully saturated rings. The van der Waals surface area contributed by atoms with Crippen molar-refractivity contribution in [2.24, 2.45) is 0 Å². The van der Waals surface area contributed by atoms with E-state index in [1.54, 1.807) is 17.0 Å². The Balaban J connectivity index is 0.00000320. The zero-order valence-electron chi connectivity index (χ0n) is 20.7. The molecule has 0 N–H and O–H groups in total. The molecule has 7 nitrogen and oxygen atoms in total. The summed E-state index contributed by atoms with van der Waals surface area (Å²) in [5.74, 6) is -0.191. The van der Waals surface area contributed by atoms with Crippen LogP contribution in [-0.4, -0.2) is 57.9 Å². The smallest absolute Gasteiger partial charge is 0.264 e. The molecule has 10 heteroatoms. The van der Waals surface area contributed by atoms with Crippen molar-refractivity contribution in [2.45, 2.75) is 17.7 Å². The molecule has 0 radical (unpaired) electrons. The Morgan fingerprint density at radius 3 is 2.41 bits per heavy atom. The number of aromatic nitrogens is 1. The van der Waals surface area contributed by atoms with Crippen LogP contribution in [0.15, 0.2) is 77.7 Å². The monoisotopic (exact) mass is 556 g/mol. The molecule has 0 saturated carbocycles. The lowest BCUT2D eigenvalue weighted by Crippen LogP contribution is -2.33. The summed E-state index contributed by atoms with van der Waals surface area (Å²) in [6.07, 6.45) is 1.48. The van der Waals surface area contributed by atoms with Crippen LogP contribution < -0.4 is 9.21 Å². The second kappa shape index (κ2) is 11.2. The number of rotatable bonds is 8. The van der Waals surface area contributed by atoms with E-state index in [0.29, 0.717) is 30.2 Å². The molecule has 37 heavy (non-hydrogen) atoms. The number of benzene rings is 3. The van der Waals surface area contributed by atoms with Crippen molar-refractivity contribution in [2.75, 3.05) is 42.9 Å². The van der Waals surface area contributed by atoms with Crippen molar-refractivity contribution in [3.8, 4) is 0 Å². The Morgan fingerprint density at radius 1 is 0.973 bits per heavy atom. The van der Waals surface area contributed by atoms with Gasteiger partial charge in [-0.25, -0.2) is 13.4 Å². The van der Waals surface area contributed by atoms with Gasteiger partial charge in [-0.05, 0) is 81.5 Å². The van der Waals surface area contributed by atoms with E-state index in [4.69, 9.17) is 4.98 Å². The number of carbonyl (C=O) groups is 1. The number of halogens is 1. The van der Waals surface area contributed by atoms with Gasteiger partial charge in [-0.1, -0.05) is 41.7 Å². The number of thiazole rings is 1. The van der Waals surface area contributed by atoms with E-state index in [9.17, 15) is 13.2 Å². The molecule has 0 bridgehead atoms. The lowest BCUT2D eigenvalue weighted by atomic mass is 10.2. The highest BCUT2D eigenvalue weighted by atomic mass is 35.5. The van der Waals surface area contributed by atoms with Crippen LogP contribution in [0.2, 0.25) is 0 Å². The fourth-order valence-corrected chi connectivity index (χ4v) is 6.91. The van der Waals surface area contributed by atoms with Crippen LogP contribution >= 0.6 is 23.7 Å². The summed E-state index contributed by atoms with van der Waals surface area (Å²) in [4.78, 5) is 22.3. The van der Waals surface area contributed by atoms with Crippen molar-refractivity contribution < 1.29 is 13.2 Å². The minimum atomic E-state index is -3.72. The molecule has 0 aliphatic carbocycles. The Morgan fingerprint density at radius 2 is 1.68 bits per heavy atom. The van der Waals surface area contributed by atoms with Crippen LogP contribution in [0.5, 0.6) is 0 Å². The topological polar surface area (TPSA) is 73.8 Å². The molecule has 1 amide bonds. The Kier molecular flexibility index (Phi) is 8.18. The van der Waals surface area contributed by atoms with Gasteiger partial charge < -0.3 is 4.90 Å². The van der Waals surface area contributed by atoms with Crippen molar-refractivity contribution in [3.63, 3.8) is 0 Å². The van der Waals surface area contributed by atoms with E-state index in [1.807, 2.05) is 62.6 Å². The maximum absolute atomic E-state index is 13.6. The van der Waals surface area contributed by atoms with Gasteiger partial charge in [-0.15, -0.1) is 12.4 Å². The largest absolute Gasteiger partial charge is 0.309 e. The van der Waals surface area contributed by atoms with Crippen molar-refractivity contribution in [1.29, 1.82) is 0 Å². The second-order valence-corrected chi connectivity index (χ2v) is 11.9. The van der Waals surface area contributed by atoms with E-state index >= 15 is 0 Å². The minimum Gasteiger partial charge on any atom is -0.309 e. The molecule has 3 aromatic carbocycles. The third kappa shape index (κ3) is 5.50. The second-order valence-electron chi connectivity index (χ2n) is 9.06. The van der Waals surface area contributed by atoms with E-state index in [-0.39, 0.29) is 23.2 Å². The number of fused-ring (bicyclic) bond motifs is 2. The maximum atomic E-state index is 13.6. The fraction of sp³-hybridized carbons (Fsp3) is 0.259. The third-order valence-corrected chi connectivity index (χ3v) is 9.17. The molecule has 5 rings (SSSR count). The first-order valence-electron chi connectivity index (χ1n) is 11.9. The minimum absolute atomic E-state index is 0. The van der Waals surface area contributed by atoms with E-state index < -0.39 is 10.0 Å². The van der Waals surface area contributed by atoms with Crippen LogP contribution in [0.1, 0.15) is 22.3 Å². The van der Waals surface area contributed by atoms with Crippen LogP contribution in [0, 0.1) is 0 Å². The lowest BCUT2D eigenvalue weighted by Gasteiger charge is -2.22. The summed E-state index contributed by atoms with van der Waals surface area (Å²) in [6.45, 7) is 1.77. The van der Waals surface area contributed by atoms with Crippen LogP contribution in [0.4, 0.5) is 10.8 Å². The quantitative estimate of drug-likeness (QED) is 0.303. The number of hydrogen-bond acceptors (Lipinski definition) is 6. The van der Waals surface area contributed by atoms with Gasteiger partial charge in [0.1, 0.15) is 0 Å². The van der Waals surface area contributed by atoms with E-state index in [1.165, 1.54) is 27.8 Å². The number of para-hydroxylation sites is 2. The Labute approximate surface area is 227 Å². The summed E-state index contributed by atoms with van der Waals surface area (Å²) in [7, 11) is 0.288. The molecule has 1 aliphatic heterocycles. The van der Waals surface area contributed by atoms with E-state index in [2.05, 4.69) is 4.90 Å². The summed E-state index contributed by atoms with van der Waals surface area (Å²) < 4.78 is 29.2. The van der Waals surface area contributed by atoms with Gasteiger partial charge in [0.05, 0.1) is 20.8 Å². The SMILES string of the molecule is CN(C)CCCN(C(=O)c1ccc(S(=O)(=O)N2CCc3ccccc32)cc1)c1nc2ccccc2s1.Cl. The molecule has 1 aromatic heterocycles. The molecule has 2 heterocycles. The lowest BCUT2D eigenvalue weighted by molar-refractivity contribution is 0.0986. The molecule has 194 valence electrons. The van der Waals surface area contributed by atoms with Gasteiger partial charge in [0.25, 0.3) is 15.9 Å². The molecule has 4 aromatic rings. The molecule has 0 spiro atoms. The fourth-order valence-electron chi connectivity index (χ4n) is 4.41. The van der Waals surface area contributed by atoms with Gasteiger partial charge in [0.2, 0.25) is 0 Å². The number of sulfonamides is 1. The highest BCUT2D eigenvalue weighted by molar-refractivity contribution is 7.92. The number of hydrogen-bond donors (Lipinski definition) is 0. The van der Waals surface area contributed by atoms with Gasteiger partial charge in [0.15, 0.2) is 5.13 Å². The summed E-state index contributed by atoms with van der Waals surface area (Å²) in [5, 5.41) is 0.644. The first-order chi connectivity index (χ1) is 17.3. The third-order valence-electron chi connectivity index (χ3n) is 6.28. The van der Waals surface area contributed by atoms with Crippen LogP contribution in [-0.2, 0) is 16.4 Å². The highest BCUT2D eigenvalue weighted by Gasteiger charge is 2.31. The zero-order valence-corrected chi connectivity index (χ0v) is 23.2. The van der Waals surface area contributed by atoms with Crippen molar-refractivity contribution in [1.82, 2.24) is 9.88 Å². The van der Waals surface area contributed by atoms with Gasteiger partial charge >= 0.3 is 0 Å². The molecule has 1 aliphatic rings. The van der Waals surface area contributed by atoms with Crippen LogP contribution in [0.3, 0.4) is 0 Å². The Bertz CT molecular complexity index is 1470. The zero-order chi connectivity index (χ0) is 25.3. The molecule has 0 atom stereocenters. The standard InChI is InChI=1S/C27H28N4O3S2.ClH/c1-29(2)17-7-18-30(27-28-23-9-4-6-11-25(23)35-27)26(32)21-12-14-22(15-13-21)36(33,34)31-19-16-20-8-3-5-10-24(20)31;/h3-6,8-15H,7,16-19H2,1-2H3;1H. The summed E-state index contributed by atoms with van der Waals surface area (Å²) in [5.41, 5.74) is 3.03. The van der Waals surface area contributed by atoms with Gasteiger partial charge in [0, 0.05) is 18.7 Å². The normalized spacial score (nSPS) is 13.0. The first kappa shape index (κ1) is 27.1. The number of anilines is 2.